The largest absolute Gasteiger partial charge is 0.0802 e. The Kier molecular flexibility index (Phi) is 0.778. The Morgan fingerprint density at radius 1 is 1.00 bits per heavy atom. The van der Waals surface area contributed by atoms with Crippen molar-refractivity contribution in [1.29, 1.82) is 0 Å². The van der Waals surface area contributed by atoms with Crippen LogP contribution in [0.25, 0.3) is 0 Å². The van der Waals surface area contributed by atoms with E-state index in [4.69, 9.17) is 0 Å². The first kappa shape index (κ1) is 5.80. The number of allylic oxidation sites excluding steroid dienone is 6. The van der Waals surface area contributed by atoms with Gasteiger partial charge in [-0.05, 0) is 47.7 Å². The van der Waals surface area contributed by atoms with E-state index in [1.54, 1.807) is 11.1 Å². The minimum absolute atomic E-state index is 0.920. The molecule has 0 spiro atoms. The van der Waals surface area contributed by atoms with E-state index in [0.29, 0.717) is 0 Å². The molecule has 0 aromatic rings. The summed E-state index contributed by atoms with van der Waals surface area (Å²) in [5, 5.41) is 0. The summed E-state index contributed by atoms with van der Waals surface area (Å²) in [5.74, 6) is 3.71. The Morgan fingerprint density at radius 2 is 1.92 bits per heavy atom. The molecule has 4 unspecified atom stereocenters. The van der Waals surface area contributed by atoms with Crippen LogP contribution in [0, 0.1) is 23.7 Å². The first-order chi connectivity index (χ1) is 5.92. The van der Waals surface area contributed by atoms with E-state index in [1.165, 1.54) is 12.8 Å². The van der Waals surface area contributed by atoms with E-state index in [-0.39, 0.29) is 0 Å². The summed E-state index contributed by atoms with van der Waals surface area (Å²) in [6, 6.07) is 0. The molecule has 0 radical (unpaired) electrons. The molecule has 12 heavy (non-hydrogen) atoms. The summed E-state index contributed by atoms with van der Waals surface area (Å²) in [5.41, 5.74) is 3.26. The van der Waals surface area contributed by atoms with Crippen LogP contribution in [0.5, 0.6) is 0 Å². The average Bonchev–Trinajstić information content (AvgIpc) is 2.95. The van der Waals surface area contributed by atoms with E-state index in [0.717, 1.165) is 23.7 Å². The Labute approximate surface area is 72.7 Å². The second kappa shape index (κ2) is 1.61. The molecule has 0 saturated heterocycles. The number of hydrogen-bond donors (Lipinski definition) is 0. The molecule has 0 bridgehead atoms. The van der Waals surface area contributed by atoms with E-state index < -0.39 is 0 Å². The SMILES string of the molecule is C1=CC2CC2C2=CC3CC3C=C12. The summed E-state index contributed by atoms with van der Waals surface area (Å²) in [7, 11) is 0. The molecule has 0 N–H and O–H groups in total. The molecule has 0 aromatic carbocycles. The fourth-order valence-electron chi connectivity index (χ4n) is 2.77. The highest BCUT2D eigenvalue weighted by atomic mass is 14.5. The Morgan fingerprint density at radius 3 is 2.92 bits per heavy atom. The van der Waals surface area contributed by atoms with Crippen molar-refractivity contribution >= 4 is 0 Å². The van der Waals surface area contributed by atoms with Crippen LogP contribution in [0.4, 0.5) is 0 Å². The van der Waals surface area contributed by atoms with Crippen molar-refractivity contribution in [2.75, 3.05) is 0 Å². The van der Waals surface area contributed by atoms with Crippen molar-refractivity contribution in [2.45, 2.75) is 12.8 Å². The molecule has 0 aromatic heterocycles. The molecule has 0 nitrogen and oxygen atoms in total. The summed E-state index contributed by atoms with van der Waals surface area (Å²) < 4.78 is 0. The van der Waals surface area contributed by atoms with E-state index in [2.05, 4.69) is 24.3 Å². The zero-order valence-corrected chi connectivity index (χ0v) is 7.03. The number of hydrogen-bond acceptors (Lipinski definition) is 0. The Hall–Kier alpha value is -0.780. The van der Waals surface area contributed by atoms with Gasteiger partial charge < -0.3 is 0 Å². The molecule has 0 aliphatic heterocycles. The van der Waals surface area contributed by atoms with Crippen molar-refractivity contribution in [2.24, 2.45) is 23.7 Å². The third-order valence-electron chi connectivity index (χ3n) is 3.77. The fraction of sp³-hybridized carbons (Fsp3) is 0.500. The lowest BCUT2D eigenvalue weighted by molar-refractivity contribution is 0.853. The second-order valence-electron chi connectivity index (χ2n) is 4.67. The van der Waals surface area contributed by atoms with Gasteiger partial charge in [-0.25, -0.2) is 0 Å². The molecule has 4 rings (SSSR count). The van der Waals surface area contributed by atoms with Crippen molar-refractivity contribution in [3.8, 4) is 0 Å². The van der Waals surface area contributed by atoms with Gasteiger partial charge in [0.05, 0.1) is 0 Å². The predicted octanol–water partition coefficient (Wildman–Crippen LogP) is 2.69. The lowest BCUT2D eigenvalue weighted by Gasteiger charge is -2.15. The van der Waals surface area contributed by atoms with Gasteiger partial charge in [-0.1, -0.05) is 24.3 Å². The van der Waals surface area contributed by atoms with Crippen LogP contribution in [0.3, 0.4) is 0 Å². The van der Waals surface area contributed by atoms with Gasteiger partial charge in [-0.15, -0.1) is 0 Å². The monoisotopic (exact) mass is 156 g/mol. The van der Waals surface area contributed by atoms with E-state index in [9.17, 15) is 0 Å². The fourth-order valence-corrected chi connectivity index (χ4v) is 2.77. The topological polar surface area (TPSA) is 0 Å². The van der Waals surface area contributed by atoms with Gasteiger partial charge in [0.1, 0.15) is 0 Å². The van der Waals surface area contributed by atoms with Gasteiger partial charge in [0.2, 0.25) is 0 Å². The van der Waals surface area contributed by atoms with E-state index >= 15 is 0 Å². The Bertz CT molecular complexity index is 343. The van der Waals surface area contributed by atoms with Crippen LogP contribution in [-0.4, -0.2) is 0 Å². The minimum Gasteiger partial charge on any atom is -0.0802 e. The number of rotatable bonds is 0. The maximum Gasteiger partial charge on any atom is -0.00901 e. The summed E-state index contributed by atoms with van der Waals surface area (Å²) in [4.78, 5) is 0. The van der Waals surface area contributed by atoms with Crippen LogP contribution in [0.15, 0.2) is 35.5 Å². The van der Waals surface area contributed by atoms with Crippen molar-refractivity contribution in [3.63, 3.8) is 0 Å². The van der Waals surface area contributed by atoms with Gasteiger partial charge in [-0.2, -0.15) is 0 Å². The van der Waals surface area contributed by atoms with Gasteiger partial charge >= 0.3 is 0 Å². The highest BCUT2D eigenvalue weighted by molar-refractivity contribution is 5.52. The molecule has 2 saturated carbocycles. The molecule has 0 heterocycles. The molecular weight excluding hydrogens is 144 g/mol. The molecule has 0 heteroatoms. The first-order valence-corrected chi connectivity index (χ1v) is 5.04. The van der Waals surface area contributed by atoms with Crippen LogP contribution < -0.4 is 0 Å². The van der Waals surface area contributed by atoms with Gasteiger partial charge in [0.15, 0.2) is 0 Å². The third kappa shape index (κ3) is 0.600. The van der Waals surface area contributed by atoms with Crippen molar-refractivity contribution in [1.82, 2.24) is 0 Å². The van der Waals surface area contributed by atoms with Gasteiger partial charge in [0.25, 0.3) is 0 Å². The smallest absolute Gasteiger partial charge is 0.00901 e. The molecule has 0 amide bonds. The van der Waals surface area contributed by atoms with Gasteiger partial charge in [0, 0.05) is 0 Å². The average molecular weight is 156 g/mol. The Balaban J connectivity index is 1.89. The molecule has 60 valence electrons. The summed E-state index contributed by atoms with van der Waals surface area (Å²) in [6.45, 7) is 0. The zero-order valence-electron chi connectivity index (χ0n) is 7.03. The lowest BCUT2D eigenvalue weighted by atomic mass is 9.90. The van der Waals surface area contributed by atoms with Gasteiger partial charge in [-0.3, -0.25) is 0 Å². The predicted molar refractivity (Wildman–Crippen MR) is 48.5 cm³/mol. The van der Waals surface area contributed by atoms with Crippen LogP contribution >= 0.6 is 0 Å². The second-order valence-corrected chi connectivity index (χ2v) is 4.67. The summed E-state index contributed by atoms with van der Waals surface area (Å²) in [6.07, 6.45) is 12.7. The minimum atomic E-state index is 0.920. The van der Waals surface area contributed by atoms with Crippen LogP contribution in [-0.2, 0) is 0 Å². The van der Waals surface area contributed by atoms with Crippen LogP contribution in [0.1, 0.15) is 12.8 Å². The quantitative estimate of drug-likeness (QED) is 0.506. The van der Waals surface area contributed by atoms with Crippen molar-refractivity contribution < 1.29 is 0 Å². The number of fused-ring (bicyclic) bond motifs is 4. The highest BCUT2D eigenvalue weighted by Gasteiger charge is 2.46. The van der Waals surface area contributed by atoms with Crippen molar-refractivity contribution in [3.05, 3.63) is 35.5 Å². The highest BCUT2D eigenvalue weighted by Crippen LogP contribution is 2.56. The maximum absolute atomic E-state index is 2.56. The maximum atomic E-state index is 2.56. The van der Waals surface area contributed by atoms with Crippen LogP contribution in [0.2, 0.25) is 0 Å². The zero-order chi connectivity index (χ0) is 7.71. The normalized spacial score (nSPS) is 51.3. The molecule has 4 aliphatic rings. The summed E-state index contributed by atoms with van der Waals surface area (Å²) >= 11 is 0. The molecule has 4 aliphatic carbocycles. The molecule has 4 atom stereocenters. The lowest BCUT2D eigenvalue weighted by Crippen LogP contribution is -2.01. The molecular formula is C12H12. The van der Waals surface area contributed by atoms with E-state index in [1.807, 2.05) is 0 Å². The standard InChI is InChI=1S/C12H12/c1-2-8-5-11(8)12-6-10-4-9(10)3-7(1)12/h1-3,6,8-11H,4-5H2. The first-order valence-electron chi connectivity index (χ1n) is 5.04. The third-order valence-corrected chi connectivity index (χ3v) is 3.77. The molecule has 2 fully saturated rings.